The normalized spacial score (nSPS) is 25.5. The Hall–Kier alpha value is -3.72. The molecule has 2 bridgehead atoms. The van der Waals surface area contributed by atoms with Gasteiger partial charge in [0, 0.05) is 11.8 Å². The average Bonchev–Trinajstić information content (AvgIpc) is 3.09. The molecular formula is C28H19NO2. The largest absolute Gasteiger partial charge is 0.274 e. The molecule has 148 valence electrons. The molecule has 3 heteroatoms. The van der Waals surface area contributed by atoms with E-state index in [0.29, 0.717) is 5.69 Å². The third-order valence-electron chi connectivity index (χ3n) is 7.44. The van der Waals surface area contributed by atoms with E-state index in [1.165, 1.54) is 27.2 Å². The molecule has 0 aromatic heterocycles. The molecule has 2 amide bonds. The van der Waals surface area contributed by atoms with Crippen molar-refractivity contribution < 1.29 is 9.59 Å². The summed E-state index contributed by atoms with van der Waals surface area (Å²) in [5.41, 5.74) is 5.49. The summed E-state index contributed by atoms with van der Waals surface area (Å²) in [4.78, 5) is 29.1. The highest BCUT2D eigenvalue weighted by atomic mass is 16.2. The zero-order valence-corrected chi connectivity index (χ0v) is 16.7. The summed E-state index contributed by atoms with van der Waals surface area (Å²) in [6, 6.07) is 30.6. The molecule has 1 fully saturated rings. The zero-order chi connectivity index (χ0) is 20.7. The molecule has 4 aromatic rings. The highest BCUT2D eigenvalue weighted by Crippen LogP contribution is 2.61. The molecule has 0 radical (unpaired) electrons. The van der Waals surface area contributed by atoms with Crippen molar-refractivity contribution in [3.8, 4) is 0 Å². The molecule has 3 nitrogen and oxygen atoms in total. The fourth-order valence-electron chi connectivity index (χ4n) is 6.25. The van der Waals surface area contributed by atoms with E-state index in [0.717, 1.165) is 10.8 Å². The lowest BCUT2D eigenvalue weighted by molar-refractivity contribution is -0.122. The lowest BCUT2D eigenvalue weighted by Crippen LogP contribution is -2.41. The molecule has 31 heavy (non-hydrogen) atoms. The predicted octanol–water partition coefficient (Wildman–Crippen LogP) is 5.24. The number of benzene rings is 4. The van der Waals surface area contributed by atoms with Crippen LogP contribution in [0.2, 0.25) is 0 Å². The van der Waals surface area contributed by atoms with Crippen LogP contribution in [0.15, 0.2) is 91.0 Å². The van der Waals surface area contributed by atoms with Crippen molar-refractivity contribution >= 4 is 28.3 Å². The molecule has 1 aliphatic heterocycles. The zero-order valence-electron chi connectivity index (χ0n) is 16.7. The summed E-state index contributed by atoms with van der Waals surface area (Å²) in [5, 5.41) is 2.13. The number of anilines is 1. The number of carbonyl (C=O) groups is 2. The van der Waals surface area contributed by atoms with Crippen molar-refractivity contribution in [1.82, 2.24) is 0 Å². The molecule has 1 saturated heterocycles. The minimum absolute atomic E-state index is 0.0655. The molecule has 2 atom stereocenters. The van der Waals surface area contributed by atoms with Gasteiger partial charge in [-0.3, -0.25) is 9.59 Å². The maximum atomic E-state index is 13.8. The second kappa shape index (κ2) is 5.92. The highest BCUT2D eigenvalue weighted by molar-refractivity contribution is 6.23. The van der Waals surface area contributed by atoms with Gasteiger partial charge in [-0.15, -0.1) is 0 Å². The summed E-state index contributed by atoms with van der Waals surface area (Å²) in [5.74, 6) is -0.940. The molecule has 1 heterocycles. The Morgan fingerprint density at radius 3 is 1.48 bits per heavy atom. The summed E-state index contributed by atoms with van der Waals surface area (Å²) in [6.07, 6.45) is 0. The second-order valence-corrected chi connectivity index (χ2v) is 8.81. The number of imide groups is 1. The Morgan fingerprint density at radius 1 is 0.516 bits per heavy atom. The van der Waals surface area contributed by atoms with Crippen molar-refractivity contribution in [3.05, 3.63) is 113 Å². The number of hydrogen-bond donors (Lipinski definition) is 0. The number of carbonyl (C=O) groups excluding carboxylic acids is 2. The van der Waals surface area contributed by atoms with Crippen molar-refractivity contribution in [2.24, 2.45) is 11.8 Å². The first-order chi connectivity index (χ1) is 15.2. The summed E-state index contributed by atoms with van der Waals surface area (Å²) in [7, 11) is 0. The Morgan fingerprint density at radius 2 is 0.968 bits per heavy atom. The lowest BCUT2D eigenvalue weighted by atomic mass is 9.55. The molecule has 3 aliphatic carbocycles. The number of fused-ring (bicyclic) bond motifs is 1. The minimum atomic E-state index is -0.339. The van der Waals surface area contributed by atoms with Crippen LogP contribution in [0.5, 0.6) is 0 Å². The van der Waals surface area contributed by atoms with Gasteiger partial charge in [0.1, 0.15) is 0 Å². The van der Waals surface area contributed by atoms with Crippen molar-refractivity contribution in [2.45, 2.75) is 11.8 Å². The maximum Gasteiger partial charge on any atom is 0.238 e. The van der Waals surface area contributed by atoms with Gasteiger partial charge in [0.15, 0.2) is 0 Å². The maximum absolute atomic E-state index is 13.8. The summed E-state index contributed by atoms with van der Waals surface area (Å²) in [6.45, 7) is 0. The summed E-state index contributed by atoms with van der Waals surface area (Å²) < 4.78 is 0. The van der Waals surface area contributed by atoms with Gasteiger partial charge < -0.3 is 0 Å². The van der Waals surface area contributed by atoms with E-state index in [9.17, 15) is 9.59 Å². The van der Waals surface area contributed by atoms with E-state index >= 15 is 0 Å². The second-order valence-electron chi connectivity index (χ2n) is 8.81. The van der Waals surface area contributed by atoms with Gasteiger partial charge in [0.2, 0.25) is 11.8 Å². The standard InChI is InChI=1S/C28H19NO2/c30-27-25-23-19-9-3-4-10-20(19)24(22-12-6-5-11-21(22)23)26(25)28(31)29(27)18-14-13-16-7-1-2-8-17(16)15-18/h1-15,23-26H. The predicted molar refractivity (Wildman–Crippen MR) is 120 cm³/mol. The van der Waals surface area contributed by atoms with Crippen molar-refractivity contribution in [1.29, 1.82) is 0 Å². The number of hydrogen-bond acceptors (Lipinski definition) is 2. The van der Waals surface area contributed by atoms with E-state index in [1.54, 1.807) is 0 Å². The third kappa shape index (κ3) is 2.08. The number of rotatable bonds is 1. The van der Waals surface area contributed by atoms with E-state index in [4.69, 9.17) is 0 Å². The highest BCUT2D eigenvalue weighted by Gasteiger charge is 2.61. The van der Waals surface area contributed by atoms with Gasteiger partial charge >= 0.3 is 0 Å². The molecule has 4 aliphatic rings. The van der Waals surface area contributed by atoms with E-state index in [1.807, 2.05) is 66.7 Å². The quantitative estimate of drug-likeness (QED) is 0.409. The van der Waals surface area contributed by atoms with Gasteiger partial charge in [0.25, 0.3) is 0 Å². The number of amides is 2. The fourth-order valence-corrected chi connectivity index (χ4v) is 6.25. The van der Waals surface area contributed by atoms with Crippen LogP contribution in [0.4, 0.5) is 5.69 Å². The van der Waals surface area contributed by atoms with Gasteiger partial charge in [-0.25, -0.2) is 4.90 Å². The molecule has 0 spiro atoms. The minimum Gasteiger partial charge on any atom is -0.274 e. The SMILES string of the molecule is O=C1C2C3c4ccccc4C(c4ccccc43)C2C(=O)N1c1ccc2ccccc2c1. The smallest absolute Gasteiger partial charge is 0.238 e. The molecular weight excluding hydrogens is 382 g/mol. The Balaban J connectivity index is 1.42. The Labute approximate surface area is 179 Å². The van der Waals surface area contributed by atoms with Crippen LogP contribution in [0.3, 0.4) is 0 Å². The van der Waals surface area contributed by atoms with E-state index < -0.39 is 0 Å². The lowest BCUT2D eigenvalue weighted by Gasteiger charge is -2.45. The first-order valence-corrected chi connectivity index (χ1v) is 10.8. The first-order valence-electron chi connectivity index (χ1n) is 10.8. The van der Waals surface area contributed by atoms with Gasteiger partial charge in [-0.1, -0.05) is 78.9 Å². The molecule has 0 N–H and O–H groups in total. The van der Waals surface area contributed by atoms with E-state index in [-0.39, 0.29) is 35.5 Å². The molecule has 8 rings (SSSR count). The van der Waals surface area contributed by atoms with Crippen LogP contribution in [0.1, 0.15) is 34.1 Å². The van der Waals surface area contributed by atoms with Crippen LogP contribution >= 0.6 is 0 Å². The van der Waals surface area contributed by atoms with Crippen molar-refractivity contribution in [2.75, 3.05) is 4.90 Å². The first kappa shape index (κ1) is 17.0. The van der Waals surface area contributed by atoms with E-state index in [2.05, 4.69) is 24.3 Å². The fraction of sp³-hybridized carbons (Fsp3) is 0.143. The average molecular weight is 401 g/mol. The van der Waals surface area contributed by atoms with Gasteiger partial charge in [-0.2, -0.15) is 0 Å². The number of nitrogens with zero attached hydrogens (tertiary/aromatic N) is 1. The third-order valence-corrected chi connectivity index (χ3v) is 7.44. The molecule has 4 aromatic carbocycles. The Bertz CT molecular complexity index is 1310. The molecule has 2 unspecified atom stereocenters. The van der Waals surface area contributed by atoms with Gasteiger partial charge in [0.05, 0.1) is 17.5 Å². The van der Waals surface area contributed by atoms with Crippen molar-refractivity contribution in [3.63, 3.8) is 0 Å². The van der Waals surface area contributed by atoms with Gasteiger partial charge in [-0.05, 0) is 45.2 Å². The van der Waals surface area contributed by atoms with Crippen LogP contribution < -0.4 is 4.90 Å². The Kier molecular flexibility index (Phi) is 3.25. The monoisotopic (exact) mass is 401 g/mol. The van der Waals surface area contributed by atoms with Crippen LogP contribution in [0.25, 0.3) is 10.8 Å². The van der Waals surface area contributed by atoms with Crippen LogP contribution in [-0.4, -0.2) is 11.8 Å². The summed E-state index contributed by atoms with van der Waals surface area (Å²) >= 11 is 0. The van der Waals surface area contributed by atoms with Crippen LogP contribution in [-0.2, 0) is 9.59 Å². The topological polar surface area (TPSA) is 37.4 Å². The molecule has 0 saturated carbocycles. The van der Waals surface area contributed by atoms with Crippen LogP contribution in [0, 0.1) is 11.8 Å².